The van der Waals surface area contributed by atoms with Crippen LogP contribution in [0.15, 0.2) is 37.4 Å². The lowest BCUT2D eigenvalue weighted by molar-refractivity contribution is 0.744. The average Bonchev–Trinajstić information content (AvgIpc) is 2.55. The second kappa shape index (κ2) is 23.0. The number of aryl methyl sites for hydroxylation is 2. The molecule has 0 aliphatic heterocycles. The van der Waals surface area contributed by atoms with E-state index in [1.165, 1.54) is 43.9 Å². The molecule has 0 aliphatic rings. The van der Waals surface area contributed by atoms with Gasteiger partial charge in [-0.05, 0) is 50.4 Å². The van der Waals surface area contributed by atoms with Crippen molar-refractivity contribution < 1.29 is 0 Å². The minimum atomic E-state index is 0.813. The van der Waals surface area contributed by atoms with Crippen LogP contribution in [0.5, 0.6) is 0 Å². The summed E-state index contributed by atoms with van der Waals surface area (Å²) in [5.74, 6) is 0. The van der Waals surface area contributed by atoms with Crippen LogP contribution in [0.25, 0.3) is 0 Å². The molecule has 0 amide bonds. The minimum absolute atomic E-state index is 0.813. The monoisotopic (exact) mass is 280 g/mol. The quantitative estimate of drug-likeness (QED) is 0.602. The third-order valence-electron chi connectivity index (χ3n) is 2.48. The first kappa shape index (κ1) is 23.9. The standard InChI is InChI=1S/C13H21N.C2H6.C2H4.CH5N/c1-2-5-12-7-9-13(10-8-12)6-3-4-11-14;3*1-2/h7-10H,2-6,11,14H2,1H3;1-2H3;1-2H2;2H2,1H3. The molecule has 2 nitrogen and oxygen atoms in total. The fourth-order valence-electron chi connectivity index (χ4n) is 1.63. The molecule has 20 heavy (non-hydrogen) atoms. The van der Waals surface area contributed by atoms with E-state index in [-0.39, 0.29) is 0 Å². The van der Waals surface area contributed by atoms with Crippen molar-refractivity contribution in [3.8, 4) is 0 Å². The number of rotatable bonds is 6. The summed E-state index contributed by atoms with van der Waals surface area (Å²) in [4.78, 5) is 0. The van der Waals surface area contributed by atoms with E-state index in [4.69, 9.17) is 5.73 Å². The maximum Gasteiger partial charge on any atom is -0.00772 e. The lowest BCUT2D eigenvalue weighted by Crippen LogP contribution is -1.99. The predicted molar refractivity (Wildman–Crippen MR) is 95.1 cm³/mol. The topological polar surface area (TPSA) is 52.0 Å². The third-order valence-corrected chi connectivity index (χ3v) is 2.48. The van der Waals surface area contributed by atoms with Gasteiger partial charge in [-0.25, -0.2) is 0 Å². The van der Waals surface area contributed by atoms with Gasteiger partial charge in [0.05, 0.1) is 0 Å². The Morgan fingerprint density at radius 1 is 0.850 bits per heavy atom. The van der Waals surface area contributed by atoms with E-state index in [2.05, 4.69) is 50.1 Å². The van der Waals surface area contributed by atoms with Crippen molar-refractivity contribution in [3.63, 3.8) is 0 Å². The molecule has 0 aromatic heterocycles. The van der Waals surface area contributed by atoms with Gasteiger partial charge in [-0.3, -0.25) is 0 Å². The van der Waals surface area contributed by atoms with Gasteiger partial charge in [0, 0.05) is 0 Å². The molecule has 0 radical (unpaired) electrons. The Hall–Kier alpha value is -1.12. The fraction of sp³-hybridized carbons (Fsp3) is 0.556. The van der Waals surface area contributed by atoms with Gasteiger partial charge >= 0.3 is 0 Å². The van der Waals surface area contributed by atoms with Crippen LogP contribution in [0, 0.1) is 0 Å². The first-order valence-electron chi connectivity index (χ1n) is 7.72. The second-order valence-electron chi connectivity index (χ2n) is 3.81. The van der Waals surface area contributed by atoms with E-state index in [1.54, 1.807) is 0 Å². The number of unbranched alkanes of at least 4 members (excludes halogenated alkanes) is 1. The summed E-state index contributed by atoms with van der Waals surface area (Å²) in [5.41, 5.74) is 12.9. The number of benzene rings is 1. The Morgan fingerprint density at radius 2 is 1.25 bits per heavy atom. The van der Waals surface area contributed by atoms with Gasteiger partial charge in [-0.15, -0.1) is 13.2 Å². The Morgan fingerprint density at radius 3 is 1.60 bits per heavy atom. The lowest BCUT2D eigenvalue weighted by atomic mass is 10.0. The third kappa shape index (κ3) is 14.9. The Kier molecular flexibility index (Phi) is 27.5. The van der Waals surface area contributed by atoms with Crippen LogP contribution in [0.2, 0.25) is 0 Å². The molecular weight excluding hydrogens is 244 g/mol. The molecule has 4 N–H and O–H groups in total. The van der Waals surface area contributed by atoms with E-state index < -0.39 is 0 Å². The van der Waals surface area contributed by atoms with E-state index in [0.717, 1.165) is 13.0 Å². The zero-order chi connectivity index (χ0) is 16.2. The van der Waals surface area contributed by atoms with Crippen molar-refractivity contribution in [3.05, 3.63) is 48.6 Å². The molecule has 0 heterocycles. The van der Waals surface area contributed by atoms with Crippen molar-refractivity contribution >= 4 is 0 Å². The van der Waals surface area contributed by atoms with E-state index in [1.807, 2.05) is 13.8 Å². The average molecular weight is 280 g/mol. The zero-order valence-electron chi connectivity index (χ0n) is 14.1. The van der Waals surface area contributed by atoms with Crippen LogP contribution in [0.1, 0.15) is 51.2 Å². The van der Waals surface area contributed by atoms with Gasteiger partial charge in [0.2, 0.25) is 0 Å². The molecule has 0 fully saturated rings. The van der Waals surface area contributed by atoms with Crippen molar-refractivity contribution in [2.75, 3.05) is 13.6 Å². The molecule has 0 saturated heterocycles. The van der Waals surface area contributed by atoms with Gasteiger partial charge < -0.3 is 11.5 Å². The highest BCUT2D eigenvalue weighted by atomic mass is 14.5. The fourth-order valence-corrected chi connectivity index (χ4v) is 1.63. The van der Waals surface area contributed by atoms with Gasteiger partial charge in [-0.2, -0.15) is 0 Å². The lowest BCUT2D eigenvalue weighted by Gasteiger charge is -2.02. The van der Waals surface area contributed by atoms with Gasteiger partial charge in [0.1, 0.15) is 0 Å². The molecule has 1 aromatic rings. The predicted octanol–water partition coefficient (Wildman–Crippen LogP) is 4.32. The SMILES string of the molecule is C=C.CC.CCCc1ccc(CCCCN)cc1.CN. The summed E-state index contributed by atoms with van der Waals surface area (Å²) in [5, 5.41) is 0. The summed E-state index contributed by atoms with van der Waals surface area (Å²) in [6.07, 6.45) is 5.94. The van der Waals surface area contributed by atoms with Crippen LogP contribution < -0.4 is 11.5 Å². The first-order valence-corrected chi connectivity index (χ1v) is 7.72. The largest absolute Gasteiger partial charge is 0.333 e. The molecule has 0 aliphatic carbocycles. The minimum Gasteiger partial charge on any atom is -0.333 e. The normalized spacial score (nSPS) is 8.10. The summed E-state index contributed by atoms with van der Waals surface area (Å²) in [7, 11) is 1.50. The zero-order valence-corrected chi connectivity index (χ0v) is 14.1. The molecule has 0 atom stereocenters. The second-order valence-corrected chi connectivity index (χ2v) is 3.81. The molecule has 0 saturated carbocycles. The number of hydrogen-bond donors (Lipinski definition) is 2. The Bertz CT molecular complexity index is 255. The summed E-state index contributed by atoms with van der Waals surface area (Å²) >= 11 is 0. The van der Waals surface area contributed by atoms with Crippen LogP contribution in [0.3, 0.4) is 0 Å². The van der Waals surface area contributed by atoms with Crippen molar-refractivity contribution in [2.45, 2.75) is 52.9 Å². The van der Waals surface area contributed by atoms with Gasteiger partial charge in [0.25, 0.3) is 0 Å². The van der Waals surface area contributed by atoms with Crippen LogP contribution in [0.4, 0.5) is 0 Å². The molecule has 0 spiro atoms. The molecular formula is C18H36N2. The van der Waals surface area contributed by atoms with Crippen LogP contribution in [-0.4, -0.2) is 13.6 Å². The summed E-state index contributed by atoms with van der Waals surface area (Å²) < 4.78 is 0. The number of nitrogens with two attached hydrogens (primary N) is 2. The first-order chi connectivity index (χ1) is 9.86. The highest BCUT2D eigenvalue weighted by Crippen LogP contribution is 2.09. The van der Waals surface area contributed by atoms with E-state index in [0.29, 0.717) is 0 Å². The van der Waals surface area contributed by atoms with Crippen molar-refractivity contribution in [1.82, 2.24) is 0 Å². The molecule has 0 unspecified atom stereocenters. The molecule has 2 heteroatoms. The van der Waals surface area contributed by atoms with Crippen LogP contribution >= 0.6 is 0 Å². The summed E-state index contributed by atoms with van der Waals surface area (Å²) in [6, 6.07) is 9.01. The van der Waals surface area contributed by atoms with Crippen LogP contribution in [-0.2, 0) is 12.8 Å². The molecule has 0 bridgehead atoms. The highest BCUT2D eigenvalue weighted by Gasteiger charge is 1.94. The molecule has 118 valence electrons. The Balaban J connectivity index is -0.000000425. The number of hydrogen-bond acceptors (Lipinski definition) is 2. The van der Waals surface area contributed by atoms with Gasteiger partial charge in [0.15, 0.2) is 0 Å². The molecule has 1 rings (SSSR count). The highest BCUT2D eigenvalue weighted by molar-refractivity contribution is 5.22. The van der Waals surface area contributed by atoms with E-state index in [9.17, 15) is 0 Å². The smallest absolute Gasteiger partial charge is 0.00772 e. The maximum atomic E-state index is 5.46. The van der Waals surface area contributed by atoms with E-state index >= 15 is 0 Å². The van der Waals surface area contributed by atoms with Crippen molar-refractivity contribution in [1.29, 1.82) is 0 Å². The van der Waals surface area contributed by atoms with Gasteiger partial charge in [-0.1, -0.05) is 51.5 Å². The Labute approximate surface area is 127 Å². The maximum absolute atomic E-state index is 5.46. The van der Waals surface area contributed by atoms with Crippen molar-refractivity contribution in [2.24, 2.45) is 11.5 Å². The summed E-state index contributed by atoms with van der Waals surface area (Å²) in [6.45, 7) is 13.0. The molecule has 1 aromatic carbocycles.